The number of rotatable bonds is 12. The summed E-state index contributed by atoms with van der Waals surface area (Å²) < 4.78 is 26.8. The minimum Gasteiger partial charge on any atom is -0.375 e. The van der Waals surface area contributed by atoms with Crippen LogP contribution in [0.3, 0.4) is 0 Å². The van der Waals surface area contributed by atoms with Gasteiger partial charge in [-0.1, -0.05) is 52.0 Å². The van der Waals surface area contributed by atoms with Crippen LogP contribution in [0.4, 0.5) is 11.4 Å². The molecule has 170 valence electrons. The van der Waals surface area contributed by atoms with Gasteiger partial charge in [-0.25, -0.2) is 8.42 Å². The normalized spacial score (nSPS) is 11.8. The first-order chi connectivity index (χ1) is 14.8. The molecule has 0 saturated carbocycles. The molecule has 8 nitrogen and oxygen atoms in total. The Morgan fingerprint density at radius 3 is 2.10 bits per heavy atom. The van der Waals surface area contributed by atoms with Gasteiger partial charge in [0.25, 0.3) is 5.69 Å². The highest BCUT2D eigenvalue weighted by atomic mass is 32.2. The van der Waals surface area contributed by atoms with Crippen LogP contribution in [-0.4, -0.2) is 48.7 Å². The molecule has 0 bridgehead atoms. The highest BCUT2D eigenvalue weighted by Crippen LogP contribution is 2.29. The Morgan fingerprint density at radius 1 is 0.935 bits per heavy atom. The lowest BCUT2D eigenvalue weighted by atomic mass is 10.1. The van der Waals surface area contributed by atoms with Crippen molar-refractivity contribution < 1.29 is 13.3 Å². The molecular weight excluding hydrogens is 416 g/mol. The van der Waals surface area contributed by atoms with Crippen molar-refractivity contribution in [3.05, 3.63) is 63.7 Å². The van der Waals surface area contributed by atoms with E-state index in [9.17, 15) is 18.5 Å². The number of sulfonamides is 1. The zero-order valence-electron chi connectivity index (χ0n) is 18.7. The zero-order valence-corrected chi connectivity index (χ0v) is 19.5. The van der Waals surface area contributed by atoms with Crippen molar-refractivity contribution in [1.82, 2.24) is 9.21 Å². The fraction of sp³-hybridized carbons (Fsp3) is 0.455. The van der Waals surface area contributed by atoms with Crippen LogP contribution in [0.15, 0.2) is 47.4 Å². The van der Waals surface area contributed by atoms with Gasteiger partial charge in [-0.3, -0.25) is 15.0 Å². The molecule has 0 amide bonds. The Kier molecular flexibility index (Phi) is 8.97. The summed E-state index contributed by atoms with van der Waals surface area (Å²) in [5, 5.41) is 14.8. The highest BCUT2D eigenvalue weighted by Gasteiger charge is 2.25. The van der Waals surface area contributed by atoms with Gasteiger partial charge in [-0.05, 0) is 36.3 Å². The average Bonchev–Trinajstić information content (AvgIpc) is 2.77. The van der Waals surface area contributed by atoms with Crippen LogP contribution < -0.4 is 5.32 Å². The fourth-order valence-electron chi connectivity index (χ4n) is 3.45. The van der Waals surface area contributed by atoms with Crippen LogP contribution in [0.25, 0.3) is 0 Å². The molecule has 0 saturated heterocycles. The van der Waals surface area contributed by atoms with E-state index in [0.717, 1.165) is 36.8 Å². The van der Waals surface area contributed by atoms with Gasteiger partial charge in [-0.2, -0.15) is 4.31 Å². The Morgan fingerprint density at radius 2 is 1.55 bits per heavy atom. The van der Waals surface area contributed by atoms with Crippen LogP contribution in [0.5, 0.6) is 0 Å². The number of hydrogen-bond acceptors (Lipinski definition) is 6. The summed E-state index contributed by atoms with van der Waals surface area (Å²) in [4.78, 5) is 13.3. The summed E-state index contributed by atoms with van der Waals surface area (Å²) in [7, 11) is -3.77. The van der Waals surface area contributed by atoms with Gasteiger partial charge >= 0.3 is 0 Å². The van der Waals surface area contributed by atoms with E-state index in [1.807, 2.05) is 18.2 Å². The van der Waals surface area contributed by atoms with Crippen molar-refractivity contribution >= 4 is 21.4 Å². The molecule has 0 heterocycles. The Labute approximate surface area is 185 Å². The largest absolute Gasteiger partial charge is 0.375 e. The quantitative estimate of drug-likeness (QED) is 0.388. The molecule has 31 heavy (non-hydrogen) atoms. The molecule has 0 aliphatic rings. The first-order valence-corrected chi connectivity index (χ1v) is 12.0. The Hall–Kier alpha value is -2.49. The summed E-state index contributed by atoms with van der Waals surface area (Å²) in [6.45, 7) is 11.4. The molecule has 0 aliphatic carbocycles. The molecule has 1 N–H and O–H groups in total. The zero-order chi connectivity index (χ0) is 23.0. The monoisotopic (exact) mass is 448 g/mol. The second-order valence-corrected chi connectivity index (χ2v) is 9.05. The van der Waals surface area contributed by atoms with Crippen molar-refractivity contribution in [2.24, 2.45) is 0 Å². The van der Waals surface area contributed by atoms with E-state index in [1.54, 1.807) is 13.8 Å². The lowest BCUT2D eigenvalue weighted by Crippen LogP contribution is -2.30. The maximum absolute atomic E-state index is 12.7. The van der Waals surface area contributed by atoms with Gasteiger partial charge in [0.1, 0.15) is 5.69 Å². The van der Waals surface area contributed by atoms with E-state index >= 15 is 0 Å². The van der Waals surface area contributed by atoms with E-state index in [0.29, 0.717) is 25.3 Å². The Bertz CT molecular complexity index is 987. The van der Waals surface area contributed by atoms with E-state index in [-0.39, 0.29) is 10.6 Å². The SMILES string of the molecule is CCN(CC)Cc1ccccc1CNc1ccc(S(=O)(=O)N(CC)CC)cc1[N+](=O)[O-]. The first-order valence-electron chi connectivity index (χ1n) is 10.6. The second-order valence-electron chi connectivity index (χ2n) is 7.11. The van der Waals surface area contributed by atoms with Crippen molar-refractivity contribution in [3.63, 3.8) is 0 Å². The summed E-state index contributed by atoms with van der Waals surface area (Å²) in [5.74, 6) is 0. The second kappa shape index (κ2) is 11.2. The number of nitrogens with zero attached hydrogens (tertiary/aromatic N) is 3. The number of nitro groups is 1. The molecule has 2 aromatic carbocycles. The number of anilines is 1. The number of nitro benzene ring substituents is 1. The third-order valence-electron chi connectivity index (χ3n) is 5.39. The molecule has 0 spiro atoms. The van der Waals surface area contributed by atoms with Crippen LogP contribution in [-0.2, 0) is 23.1 Å². The van der Waals surface area contributed by atoms with Crippen molar-refractivity contribution in [2.45, 2.75) is 45.7 Å². The van der Waals surface area contributed by atoms with Gasteiger partial charge < -0.3 is 5.32 Å². The molecular formula is C22H32N4O4S. The van der Waals surface area contributed by atoms with E-state index in [2.05, 4.69) is 30.1 Å². The number of hydrogen-bond donors (Lipinski definition) is 1. The van der Waals surface area contributed by atoms with Crippen molar-refractivity contribution in [2.75, 3.05) is 31.5 Å². The lowest BCUT2D eigenvalue weighted by Gasteiger charge is -2.20. The van der Waals surface area contributed by atoms with Gasteiger partial charge in [0.15, 0.2) is 0 Å². The third-order valence-corrected chi connectivity index (χ3v) is 7.43. The molecule has 9 heteroatoms. The summed E-state index contributed by atoms with van der Waals surface area (Å²) >= 11 is 0. The van der Waals surface area contributed by atoms with E-state index in [1.165, 1.54) is 16.4 Å². The molecule has 0 aliphatic heterocycles. The predicted molar refractivity (Wildman–Crippen MR) is 124 cm³/mol. The van der Waals surface area contributed by atoms with Crippen molar-refractivity contribution in [1.29, 1.82) is 0 Å². The van der Waals surface area contributed by atoms with E-state index in [4.69, 9.17) is 0 Å². The fourth-order valence-corrected chi connectivity index (χ4v) is 4.93. The van der Waals surface area contributed by atoms with Gasteiger partial charge in [0.2, 0.25) is 10.0 Å². The maximum Gasteiger partial charge on any atom is 0.293 e. The van der Waals surface area contributed by atoms with Crippen LogP contribution in [0, 0.1) is 10.1 Å². The highest BCUT2D eigenvalue weighted by molar-refractivity contribution is 7.89. The molecule has 0 atom stereocenters. The van der Waals surface area contributed by atoms with Crippen LogP contribution in [0.1, 0.15) is 38.8 Å². The van der Waals surface area contributed by atoms with Crippen LogP contribution in [0.2, 0.25) is 0 Å². The van der Waals surface area contributed by atoms with Crippen LogP contribution >= 0.6 is 0 Å². The van der Waals surface area contributed by atoms with Gasteiger partial charge in [0, 0.05) is 32.2 Å². The molecule has 2 aromatic rings. The summed E-state index contributed by atoms with van der Waals surface area (Å²) in [6, 6.07) is 12.0. The molecule has 2 rings (SSSR count). The maximum atomic E-state index is 12.7. The predicted octanol–water partition coefficient (Wildman–Crippen LogP) is 4.08. The first kappa shape index (κ1) is 24.8. The van der Waals surface area contributed by atoms with Gasteiger partial charge in [-0.15, -0.1) is 0 Å². The van der Waals surface area contributed by atoms with Gasteiger partial charge in [0.05, 0.1) is 9.82 Å². The molecule has 0 unspecified atom stereocenters. The lowest BCUT2D eigenvalue weighted by molar-refractivity contribution is -0.384. The molecule has 0 aromatic heterocycles. The topological polar surface area (TPSA) is 95.8 Å². The average molecular weight is 449 g/mol. The smallest absolute Gasteiger partial charge is 0.293 e. The standard InChI is InChI=1S/C22H32N4O4S/c1-5-24(6-2)17-19-12-10-9-11-18(19)16-23-21-14-13-20(15-22(21)26(27)28)31(29,30)25(7-3)8-4/h9-15,23H,5-8,16-17H2,1-4H3. The minimum atomic E-state index is -3.77. The number of nitrogens with one attached hydrogen (secondary N) is 1. The summed E-state index contributed by atoms with van der Waals surface area (Å²) in [6.07, 6.45) is 0. The number of benzene rings is 2. The molecule has 0 fully saturated rings. The Balaban J connectivity index is 2.30. The third kappa shape index (κ3) is 6.03. The minimum absolute atomic E-state index is 0.0737. The summed E-state index contributed by atoms with van der Waals surface area (Å²) in [5.41, 5.74) is 2.24. The molecule has 0 radical (unpaired) electrons. The van der Waals surface area contributed by atoms with E-state index < -0.39 is 14.9 Å². The van der Waals surface area contributed by atoms with Crippen molar-refractivity contribution in [3.8, 4) is 0 Å².